The van der Waals surface area contributed by atoms with Gasteiger partial charge in [-0.25, -0.2) is 14.7 Å². The summed E-state index contributed by atoms with van der Waals surface area (Å²) in [6, 6.07) is 19.2. The van der Waals surface area contributed by atoms with Crippen molar-refractivity contribution in [3.63, 3.8) is 0 Å². The van der Waals surface area contributed by atoms with Gasteiger partial charge in [0, 0.05) is 18.0 Å². The third-order valence-electron chi connectivity index (χ3n) is 3.18. The van der Waals surface area contributed by atoms with Crippen LogP contribution in [0, 0.1) is 0 Å². The molecule has 0 aliphatic heterocycles. The molecule has 4 nitrogen and oxygen atoms in total. The second-order valence-electron chi connectivity index (χ2n) is 4.61. The van der Waals surface area contributed by atoms with Crippen molar-refractivity contribution in [3.05, 3.63) is 66.0 Å². The van der Waals surface area contributed by atoms with Gasteiger partial charge in [0.25, 0.3) is 0 Å². The van der Waals surface area contributed by atoms with Gasteiger partial charge in [0.2, 0.25) is 0 Å². The molecule has 5 heteroatoms. The number of hydrogen-bond acceptors (Lipinski definition) is 3. The van der Waals surface area contributed by atoms with Gasteiger partial charge in [0.05, 0.1) is 11.4 Å². The SMILES string of the molecule is CNC(=O)N(c1ccccc1)c1nc(-c2ccccc2)cs1. The highest BCUT2D eigenvalue weighted by Crippen LogP contribution is 2.32. The summed E-state index contributed by atoms with van der Waals surface area (Å²) >= 11 is 1.45. The molecule has 1 N–H and O–H groups in total. The molecule has 0 saturated carbocycles. The topological polar surface area (TPSA) is 45.2 Å². The van der Waals surface area contributed by atoms with Crippen LogP contribution in [0.3, 0.4) is 0 Å². The molecule has 22 heavy (non-hydrogen) atoms. The number of rotatable bonds is 3. The number of nitrogens with one attached hydrogen (secondary N) is 1. The highest BCUT2D eigenvalue weighted by atomic mass is 32.1. The molecule has 0 spiro atoms. The molecule has 110 valence electrons. The quantitative estimate of drug-likeness (QED) is 0.784. The standard InChI is InChI=1S/C17H15N3OS/c1-18-16(21)20(14-10-6-3-7-11-14)17-19-15(12-22-17)13-8-4-2-5-9-13/h2-12H,1H3,(H,18,21). The molecule has 0 fully saturated rings. The minimum Gasteiger partial charge on any atom is -0.340 e. The average Bonchev–Trinajstić information content (AvgIpc) is 3.06. The lowest BCUT2D eigenvalue weighted by Crippen LogP contribution is -2.34. The van der Waals surface area contributed by atoms with Gasteiger partial charge in [-0.05, 0) is 12.1 Å². The Morgan fingerprint density at radius 2 is 1.68 bits per heavy atom. The van der Waals surface area contributed by atoms with E-state index < -0.39 is 0 Å². The Morgan fingerprint density at radius 1 is 1.05 bits per heavy atom. The van der Waals surface area contributed by atoms with Crippen molar-refractivity contribution in [2.75, 3.05) is 11.9 Å². The number of benzene rings is 2. The fraction of sp³-hybridized carbons (Fsp3) is 0.0588. The zero-order chi connectivity index (χ0) is 15.4. The van der Waals surface area contributed by atoms with Gasteiger partial charge < -0.3 is 5.32 Å². The van der Waals surface area contributed by atoms with E-state index in [1.54, 1.807) is 11.9 Å². The van der Waals surface area contributed by atoms with E-state index >= 15 is 0 Å². The van der Waals surface area contributed by atoms with Crippen LogP contribution >= 0.6 is 11.3 Å². The lowest BCUT2D eigenvalue weighted by atomic mass is 10.2. The second-order valence-corrected chi connectivity index (χ2v) is 5.44. The predicted octanol–water partition coefficient (Wildman–Crippen LogP) is 4.29. The summed E-state index contributed by atoms with van der Waals surface area (Å²) in [4.78, 5) is 18.4. The van der Waals surface area contributed by atoms with Crippen LogP contribution in [0.2, 0.25) is 0 Å². The molecule has 3 aromatic rings. The van der Waals surface area contributed by atoms with E-state index in [9.17, 15) is 4.79 Å². The number of aromatic nitrogens is 1. The molecule has 0 aliphatic rings. The summed E-state index contributed by atoms with van der Waals surface area (Å²) in [6.45, 7) is 0. The van der Waals surface area contributed by atoms with Gasteiger partial charge in [-0.3, -0.25) is 0 Å². The molecule has 0 atom stereocenters. The predicted molar refractivity (Wildman–Crippen MR) is 90.6 cm³/mol. The molecule has 2 aromatic carbocycles. The molecular weight excluding hydrogens is 294 g/mol. The Bertz CT molecular complexity index is 756. The number of hydrogen-bond donors (Lipinski definition) is 1. The number of para-hydroxylation sites is 1. The number of nitrogens with zero attached hydrogens (tertiary/aromatic N) is 2. The monoisotopic (exact) mass is 309 g/mol. The molecule has 2 amide bonds. The van der Waals surface area contributed by atoms with Crippen molar-refractivity contribution in [3.8, 4) is 11.3 Å². The van der Waals surface area contributed by atoms with E-state index in [0.29, 0.717) is 5.13 Å². The Hall–Kier alpha value is -2.66. The van der Waals surface area contributed by atoms with E-state index in [1.807, 2.05) is 66.0 Å². The highest BCUT2D eigenvalue weighted by Gasteiger charge is 2.20. The maximum atomic E-state index is 12.2. The van der Waals surface area contributed by atoms with E-state index in [1.165, 1.54) is 11.3 Å². The minimum atomic E-state index is -0.208. The Labute approximate surface area is 133 Å². The van der Waals surface area contributed by atoms with Crippen molar-refractivity contribution in [2.24, 2.45) is 0 Å². The van der Waals surface area contributed by atoms with Crippen molar-refractivity contribution < 1.29 is 4.79 Å². The van der Waals surface area contributed by atoms with Gasteiger partial charge in [-0.1, -0.05) is 48.5 Å². The summed E-state index contributed by atoms with van der Waals surface area (Å²) in [5.41, 5.74) is 2.69. The van der Waals surface area contributed by atoms with Gasteiger partial charge >= 0.3 is 6.03 Å². The third-order valence-corrected chi connectivity index (χ3v) is 4.01. The first-order valence-corrected chi connectivity index (χ1v) is 7.75. The maximum Gasteiger partial charge on any atom is 0.328 e. The summed E-state index contributed by atoms with van der Waals surface area (Å²) in [7, 11) is 1.62. The molecule has 1 aromatic heterocycles. The molecule has 3 rings (SSSR count). The Morgan fingerprint density at radius 3 is 2.32 bits per heavy atom. The summed E-state index contributed by atoms with van der Waals surface area (Å²) in [6.07, 6.45) is 0. The first-order valence-electron chi connectivity index (χ1n) is 6.87. The molecule has 0 unspecified atom stereocenters. The van der Waals surface area contributed by atoms with Crippen LogP contribution in [0.15, 0.2) is 66.0 Å². The van der Waals surface area contributed by atoms with Crippen molar-refractivity contribution in [2.45, 2.75) is 0 Å². The summed E-state index contributed by atoms with van der Waals surface area (Å²) in [5.74, 6) is 0. The van der Waals surface area contributed by atoms with Crippen LogP contribution in [0.5, 0.6) is 0 Å². The number of anilines is 2. The molecule has 1 heterocycles. The lowest BCUT2D eigenvalue weighted by molar-refractivity contribution is 0.250. The van der Waals surface area contributed by atoms with Crippen molar-refractivity contribution in [1.82, 2.24) is 10.3 Å². The van der Waals surface area contributed by atoms with Crippen molar-refractivity contribution in [1.29, 1.82) is 0 Å². The van der Waals surface area contributed by atoms with Crippen LogP contribution in [-0.4, -0.2) is 18.1 Å². The van der Waals surface area contributed by atoms with E-state index in [0.717, 1.165) is 16.9 Å². The van der Waals surface area contributed by atoms with E-state index in [2.05, 4.69) is 10.3 Å². The second kappa shape index (κ2) is 6.41. The number of thiazole rings is 1. The molecule has 0 aliphatic carbocycles. The van der Waals surface area contributed by atoms with Crippen LogP contribution < -0.4 is 10.2 Å². The van der Waals surface area contributed by atoms with Gasteiger partial charge in [0.15, 0.2) is 5.13 Å². The third kappa shape index (κ3) is 2.84. The summed E-state index contributed by atoms with van der Waals surface area (Å²) in [5, 5.41) is 5.27. The molecular formula is C17H15N3OS. The number of amides is 2. The highest BCUT2D eigenvalue weighted by molar-refractivity contribution is 7.14. The minimum absolute atomic E-state index is 0.208. The first-order chi connectivity index (χ1) is 10.8. The Balaban J connectivity index is 1.99. The molecule has 0 bridgehead atoms. The van der Waals surface area contributed by atoms with Gasteiger partial charge in [0.1, 0.15) is 0 Å². The van der Waals surface area contributed by atoms with Crippen molar-refractivity contribution >= 4 is 28.2 Å². The average molecular weight is 309 g/mol. The Kier molecular flexibility index (Phi) is 4.16. The van der Waals surface area contributed by atoms with Crippen LogP contribution in [-0.2, 0) is 0 Å². The maximum absolute atomic E-state index is 12.2. The van der Waals surface area contributed by atoms with Gasteiger partial charge in [-0.2, -0.15) is 0 Å². The smallest absolute Gasteiger partial charge is 0.328 e. The zero-order valence-electron chi connectivity index (χ0n) is 12.1. The van der Waals surface area contributed by atoms with Crippen LogP contribution in [0.4, 0.5) is 15.6 Å². The number of urea groups is 1. The van der Waals surface area contributed by atoms with Crippen LogP contribution in [0.25, 0.3) is 11.3 Å². The number of carbonyl (C=O) groups is 1. The van der Waals surface area contributed by atoms with E-state index in [-0.39, 0.29) is 6.03 Å². The lowest BCUT2D eigenvalue weighted by Gasteiger charge is -2.19. The summed E-state index contributed by atoms with van der Waals surface area (Å²) < 4.78 is 0. The van der Waals surface area contributed by atoms with Gasteiger partial charge in [-0.15, -0.1) is 11.3 Å². The van der Waals surface area contributed by atoms with Crippen LogP contribution in [0.1, 0.15) is 0 Å². The fourth-order valence-electron chi connectivity index (χ4n) is 2.11. The fourth-order valence-corrected chi connectivity index (χ4v) is 2.96. The largest absolute Gasteiger partial charge is 0.340 e. The normalized spacial score (nSPS) is 10.2. The number of carbonyl (C=O) groups excluding carboxylic acids is 1. The zero-order valence-corrected chi connectivity index (χ0v) is 12.9. The first kappa shape index (κ1) is 14.3. The van der Waals surface area contributed by atoms with E-state index in [4.69, 9.17) is 0 Å². The molecule has 0 saturated heterocycles. The molecule has 0 radical (unpaired) electrons.